The Morgan fingerprint density at radius 2 is 2.62 bits per heavy atom. The number of ether oxygens (including phenoxy) is 1. The first-order valence-electron chi connectivity index (χ1n) is 2.66. The second-order valence-corrected chi connectivity index (χ2v) is 1.89. The average molecular weight is 112 g/mol. The first-order chi connectivity index (χ1) is 3.79. The van der Waals surface area contributed by atoms with Crippen LogP contribution in [-0.2, 0) is 9.53 Å². The molecule has 8 heavy (non-hydrogen) atoms. The number of carbonyl (C=O) groups excluding carboxylic acids is 1. The molecule has 44 valence electrons. The van der Waals surface area contributed by atoms with Gasteiger partial charge in [-0.2, -0.15) is 0 Å². The fraction of sp³-hybridized carbons (Fsp3) is 0.500. The molecule has 0 saturated heterocycles. The quantitative estimate of drug-likeness (QED) is 0.435. The molecule has 1 heterocycles. The lowest BCUT2D eigenvalue weighted by atomic mass is 10.2. The van der Waals surface area contributed by atoms with Crippen LogP contribution in [0.15, 0.2) is 12.2 Å². The molecular weight excluding hydrogens is 104 g/mol. The highest BCUT2D eigenvalue weighted by molar-refractivity contribution is 5.82. The Balaban J connectivity index is 2.54. The van der Waals surface area contributed by atoms with Gasteiger partial charge in [-0.15, -0.1) is 0 Å². The highest BCUT2D eigenvalue weighted by atomic mass is 16.5. The first-order valence-corrected chi connectivity index (χ1v) is 2.66. The molecule has 0 aromatic heterocycles. The van der Waals surface area contributed by atoms with Gasteiger partial charge in [0.2, 0.25) is 0 Å². The topological polar surface area (TPSA) is 26.3 Å². The maximum Gasteiger partial charge on any atom is 0.330 e. The lowest BCUT2D eigenvalue weighted by Crippen LogP contribution is -2.15. The van der Waals surface area contributed by atoms with Gasteiger partial charge in [0, 0.05) is 12.5 Å². The molecule has 0 spiro atoms. The van der Waals surface area contributed by atoms with Crippen LogP contribution in [0.5, 0.6) is 0 Å². The Morgan fingerprint density at radius 1 is 1.88 bits per heavy atom. The summed E-state index contributed by atoms with van der Waals surface area (Å²) in [6.45, 7) is 1.88. The molecule has 0 aromatic rings. The average Bonchev–Trinajstić information content (AvgIpc) is 1.64. The van der Waals surface area contributed by atoms with Crippen molar-refractivity contribution in [1.82, 2.24) is 0 Å². The molecule has 0 bridgehead atoms. The van der Waals surface area contributed by atoms with E-state index in [-0.39, 0.29) is 12.1 Å². The van der Waals surface area contributed by atoms with Crippen molar-refractivity contribution in [2.24, 2.45) is 0 Å². The summed E-state index contributed by atoms with van der Waals surface area (Å²) in [7, 11) is 0. The van der Waals surface area contributed by atoms with E-state index in [0.717, 1.165) is 6.42 Å². The highest BCUT2D eigenvalue weighted by Gasteiger charge is 2.08. The smallest absolute Gasteiger partial charge is 0.330 e. The molecule has 0 radical (unpaired) electrons. The molecule has 0 saturated carbocycles. The van der Waals surface area contributed by atoms with Crippen LogP contribution in [0.25, 0.3) is 0 Å². The number of hydrogen-bond donors (Lipinski definition) is 0. The molecule has 1 atom stereocenters. The van der Waals surface area contributed by atoms with Gasteiger partial charge in [0.15, 0.2) is 0 Å². The van der Waals surface area contributed by atoms with E-state index in [1.807, 2.05) is 13.0 Å². The fourth-order valence-corrected chi connectivity index (χ4v) is 0.642. The van der Waals surface area contributed by atoms with Crippen molar-refractivity contribution in [2.45, 2.75) is 19.4 Å². The van der Waals surface area contributed by atoms with Crippen LogP contribution in [0.2, 0.25) is 0 Å². The van der Waals surface area contributed by atoms with Crippen LogP contribution in [0.3, 0.4) is 0 Å². The van der Waals surface area contributed by atoms with E-state index in [4.69, 9.17) is 4.74 Å². The number of esters is 1. The summed E-state index contributed by atoms with van der Waals surface area (Å²) in [6.07, 6.45) is 4.22. The van der Waals surface area contributed by atoms with E-state index in [2.05, 4.69) is 0 Å². The number of cyclic esters (lactones) is 1. The van der Waals surface area contributed by atoms with Gasteiger partial charge >= 0.3 is 5.97 Å². The molecule has 0 aliphatic carbocycles. The van der Waals surface area contributed by atoms with Crippen molar-refractivity contribution in [3.63, 3.8) is 0 Å². The molecule has 1 aliphatic heterocycles. The van der Waals surface area contributed by atoms with Gasteiger partial charge in [-0.25, -0.2) is 4.79 Å². The van der Waals surface area contributed by atoms with Crippen LogP contribution in [-0.4, -0.2) is 12.1 Å². The maximum atomic E-state index is 10.4. The van der Waals surface area contributed by atoms with Crippen molar-refractivity contribution in [3.8, 4) is 0 Å². The number of hydrogen-bond acceptors (Lipinski definition) is 2. The van der Waals surface area contributed by atoms with Crippen LogP contribution < -0.4 is 0 Å². The van der Waals surface area contributed by atoms with E-state index in [1.54, 1.807) is 0 Å². The summed E-state index contributed by atoms with van der Waals surface area (Å²) in [5.41, 5.74) is 0. The summed E-state index contributed by atoms with van der Waals surface area (Å²) in [6, 6.07) is 0. The minimum absolute atomic E-state index is 0.0764. The SMILES string of the molecule is C[C@H]1CC=CC(=O)O1. The van der Waals surface area contributed by atoms with Gasteiger partial charge in [0.25, 0.3) is 0 Å². The van der Waals surface area contributed by atoms with Crippen LogP contribution in [0.1, 0.15) is 13.3 Å². The van der Waals surface area contributed by atoms with Crippen molar-refractivity contribution in [1.29, 1.82) is 0 Å². The van der Waals surface area contributed by atoms with Crippen molar-refractivity contribution in [2.75, 3.05) is 0 Å². The summed E-state index contributed by atoms with van der Waals surface area (Å²) in [4.78, 5) is 10.4. The summed E-state index contributed by atoms with van der Waals surface area (Å²) in [5, 5.41) is 0. The minimum atomic E-state index is -0.219. The van der Waals surface area contributed by atoms with Gasteiger partial charge in [0.05, 0.1) is 0 Å². The van der Waals surface area contributed by atoms with Crippen LogP contribution in [0, 0.1) is 0 Å². The van der Waals surface area contributed by atoms with Gasteiger partial charge < -0.3 is 4.74 Å². The third-order valence-corrected chi connectivity index (χ3v) is 1.04. The van der Waals surface area contributed by atoms with Gasteiger partial charge in [-0.3, -0.25) is 0 Å². The van der Waals surface area contributed by atoms with E-state index >= 15 is 0 Å². The van der Waals surface area contributed by atoms with E-state index in [0.29, 0.717) is 0 Å². The molecule has 0 aromatic carbocycles. The van der Waals surface area contributed by atoms with Crippen molar-refractivity contribution < 1.29 is 9.53 Å². The molecule has 2 nitrogen and oxygen atoms in total. The second kappa shape index (κ2) is 1.99. The van der Waals surface area contributed by atoms with Crippen LogP contribution >= 0.6 is 0 Å². The lowest BCUT2D eigenvalue weighted by Gasteiger charge is -2.12. The number of rotatable bonds is 0. The Morgan fingerprint density at radius 3 is 3.00 bits per heavy atom. The Hall–Kier alpha value is -0.790. The minimum Gasteiger partial charge on any atom is -0.459 e. The predicted molar refractivity (Wildman–Crippen MR) is 29.3 cm³/mol. The summed E-state index contributed by atoms with van der Waals surface area (Å²) < 4.78 is 4.76. The van der Waals surface area contributed by atoms with E-state index in [1.165, 1.54) is 6.08 Å². The predicted octanol–water partition coefficient (Wildman–Crippen LogP) is 0.878. The van der Waals surface area contributed by atoms with Gasteiger partial charge in [0.1, 0.15) is 6.10 Å². The zero-order valence-electron chi connectivity index (χ0n) is 4.76. The monoisotopic (exact) mass is 112 g/mol. The molecule has 0 amide bonds. The Labute approximate surface area is 48.1 Å². The molecule has 0 unspecified atom stereocenters. The van der Waals surface area contributed by atoms with Crippen molar-refractivity contribution >= 4 is 5.97 Å². The Bertz CT molecular complexity index is 126. The first kappa shape index (κ1) is 5.35. The second-order valence-electron chi connectivity index (χ2n) is 1.89. The molecule has 1 aliphatic rings. The highest BCUT2D eigenvalue weighted by Crippen LogP contribution is 2.04. The van der Waals surface area contributed by atoms with E-state index in [9.17, 15) is 4.79 Å². The zero-order valence-corrected chi connectivity index (χ0v) is 4.76. The largest absolute Gasteiger partial charge is 0.459 e. The number of carbonyl (C=O) groups is 1. The van der Waals surface area contributed by atoms with Crippen LogP contribution in [0.4, 0.5) is 0 Å². The molecular formula is C6H8O2. The lowest BCUT2D eigenvalue weighted by molar-refractivity contribution is -0.143. The third-order valence-electron chi connectivity index (χ3n) is 1.04. The molecule has 0 N–H and O–H groups in total. The zero-order chi connectivity index (χ0) is 5.98. The fourth-order valence-electron chi connectivity index (χ4n) is 0.642. The summed E-state index contributed by atoms with van der Waals surface area (Å²) >= 11 is 0. The van der Waals surface area contributed by atoms with Gasteiger partial charge in [-0.1, -0.05) is 6.08 Å². The molecule has 0 fully saturated rings. The standard InChI is InChI=1S/C6H8O2/c1-5-3-2-4-6(7)8-5/h2,4-5H,3H2,1H3/t5-/m0/s1. The third kappa shape index (κ3) is 1.09. The van der Waals surface area contributed by atoms with E-state index < -0.39 is 0 Å². The maximum absolute atomic E-state index is 10.4. The Kier molecular flexibility index (Phi) is 1.33. The van der Waals surface area contributed by atoms with Crippen molar-refractivity contribution in [3.05, 3.63) is 12.2 Å². The van der Waals surface area contributed by atoms with Gasteiger partial charge in [-0.05, 0) is 6.92 Å². The molecule has 2 heteroatoms. The normalized spacial score (nSPS) is 27.6. The summed E-state index contributed by atoms with van der Waals surface area (Å²) in [5.74, 6) is -0.219. The molecule has 1 rings (SSSR count).